The van der Waals surface area contributed by atoms with Crippen molar-refractivity contribution >= 4 is 32.8 Å². The fourth-order valence-electron chi connectivity index (χ4n) is 8.51. The number of phenolic OH excluding ortho intramolecular Hbond substituents is 1. The molecule has 3 aromatic heterocycles. The molecule has 0 aliphatic heterocycles. The number of benzene rings is 6. The van der Waals surface area contributed by atoms with E-state index in [1.165, 1.54) is 44.1 Å². The van der Waals surface area contributed by atoms with Crippen molar-refractivity contribution in [3.05, 3.63) is 156 Å². The van der Waals surface area contributed by atoms with Gasteiger partial charge in [0.05, 0.1) is 16.6 Å². The second-order valence-electron chi connectivity index (χ2n) is 19.4. The number of hydrogen-bond donors (Lipinski definition) is 1. The van der Waals surface area contributed by atoms with Crippen molar-refractivity contribution < 1.29 is 26.2 Å². The third-order valence-corrected chi connectivity index (χ3v) is 12.0. The predicted molar refractivity (Wildman–Crippen MR) is 251 cm³/mol. The molecule has 61 heavy (non-hydrogen) atoms. The minimum atomic E-state index is -0.157. The van der Waals surface area contributed by atoms with Crippen molar-refractivity contribution in [1.29, 1.82) is 0 Å². The van der Waals surface area contributed by atoms with Crippen molar-refractivity contribution in [3.8, 4) is 56.3 Å². The molecule has 6 aromatic carbocycles. The van der Waals surface area contributed by atoms with Crippen LogP contribution < -0.4 is 0 Å². The third-order valence-electron chi connectivity index (χ3n) is 12.0. The van der Waals surface area contributed by atoms with Crippen LogP contribution in [0.25, 0.3) is 83.4 Å². The quantitative estimate of drug-likeness (QED) is 0.175. The molecular weight excluding hydrogens is 928 g/mol. The number of nitrogens with zero attached hydrogens (tertiary/aromatic N) is 4. The van der Waals surface area contributed by atoms with Crippen LogP contribution in [0.3, 0.4) is 0 Å². The van der Waals surface area contributed by atoms with E-state index in [0.29, 0.717) is 11.4 Å². The number of aromatic nitrogens is 4. The largest absolute Gasteiger partial charge is 0.507 e. The van der Waals surface area contributed by atoms with Gasteiger partial charge in [0.1, 0.15) is 11.6 Å². The molecule has 9 aromatic rings. The van der Waals surface area contributed by atoms with Gasteiger partial charge in [-0.15, -0.1) is 29.3 Å². The number of fused-ring (bicyclic) bond motifs is 4. The van der Waals surface area contributed by atoms with E-state index in [4.69, 9.17) is 9.97 Å². The normalized spacial score (nSPS) is 12.4. The first-order chi connectivity index (χ1) is 28.5. The summed E-state index contributed by atoms with van der Waals surface area (Å²) in [6.45, 7) is 20.3. The number of hydrogen-bond acceptors (Lipinski definition) is 3. The molecule has 0 amide bonds. The van der Waals surface area contributed by atoms with E-state index in [1.54, 1.807) is 6.07 Å². The van der Waals surface area contributed by atoms with Crippen LogP contribution in [0, 0.1) is 6.07 Å². The Morgan fingerprint density at radius 2 is 1.13 bits per heavy atom. The smallest absolute Gasteiger partial charge is 0.148 e. The van der Waals surface area contributed by atoms with E-state index in [1.807, 2.05) is 24.4 Å². The second kappa shape index (κ2) is 15.3. The molecule has 0 saturated heterocycles. The summed E-state index contributed by atoms with van der Waals surface area (Å²) >= 11 is 0. The number of pyridine rings is 1. The van der Waals surface area contributed by atoms with Crippen LogP contribution >= 0.6 is 0 Å². The molecule has 3 heterocycles. The van der Waals surface area contributed by atoms with Gasteiger partial charge in [-0.2, -0.15) is 0 Å². The number of aromatic hydroxyl groups is 1. The molecule has 0 aliphatic rings. The average molecular weight is 981 g/mol. The Bertz CT molecular complexity index is 3100. The number of aryl methyl sites for hydroxylation is 1. The maximum absolute atomic E-state index is 11.4. The van der Waals surface area contributed by atoms with Gasteiger partial charge in [0.15, 0.2) is 0 Å². The maximum atomic E-state index is 11.4. The number of phenols is 1. The van der Waals surface area contributed by atoms with Crippen LogP contribution in [0.2, 0.25) is 0 Å². The van der Waals surface area contributed by atoms with E-state index in [2.05, 4.69) is 188 Å². The van der Waals surface area contributed by atoms with Gasteiger partial charge < -0.3 is 9.67 Å². The fourth-order valence-corrected chi connectivity index (χ4v) is 8.51. The summed E-state index contributed by atoms with van der Waals surface area (Å²) in [6.07, 6.45) is 1.92. The Balaban J connectivity index is 0.00000514. The van der Waals surface area contributed by atoms with Crippen LogP contribution in [-0.2, 0) is 44.4 Å². The Kier molecular flexibility index (Phi) is 10.5. The van der Waals surface area contributed by atoms with Crippen LogP contribution in [0.1, 0.15) is 79.0 Å². The van der Waals surface area contributed by atoms with Crippen molar-refractivity contribution in [1.82, 2.24) is 19.1 Å². The maximum Gasteiger partial charge on any atom is 0.148 e. The Morgan fingerprint density at radius 3 is 1.82 bits per heavy atom. The van der Waals surface area contributed by atoms with Crippen molar-refractivity contribution in [3.63, 3.8) is 0 Å². The zero-order valence-corrected chi connectivity index (χ0v) is 39.0. The molecule has 0 fully saturated rings. The van der Waals surface area contributed by atoms with Crippen LogP contribution in [-0.4, -0.2) is 24.2 Å². The Hall–Kier alpha value is -5.77. The predicted octanol–water partition coefficient (Wildman–Crippen LogP) is 14.1. The van der Waals surface area contributed by atoms with E-state index in [-0.39, 0.29) is 43.1 Å². The second-order valence-corrected chi connectivity index (χ2v) is 19.4. The zero-order chi connectivity index (χ0) is 42.3. The first-order valence-electron chi connectivity index (χ1n) is 20.9. The number of imidazole rings is 1. The summed E-state index contributed by atoms with van der Waals surface area (Å²) in [5.41, 5.74) is 15.2. The van der Waals surface area contributed by atoms with Crippen molar-refractivity contribution in [2.24, 2.45) is 7.05 Å². The molecule has 5 nitrogen and oxygen atoms in total. The van der Waals surface area contributed by atoms with Gasteiger partial charge in [-0.25, -0.2) is 4.98 Å². The molecule has 310 valence electrons. The molecule has 0 saturated carbocycles. The van der Waals surface area contributed by atoms with Gasteiger partial charge in [0.2, 0.25) is 0 Å². The van der Waals surface area contributed by atoms with Crippen molar-refractivity contribution in [2.75, 3.05) is 0 Å². The molecule has 0 atom stereocenters. The van der Waals surface area contributed by atoms with Gasteiger partial charge in [-0.3, -0.25) is 9.55 Å². The molecule has 0 bridgehead atoms. The van der Waals surface area contributed by atoms with Gasteiger partial charge >= 0.3 is 0 Å². The van der Waals surface area contributed by atoms with E-state index in [9.17, 15) is 5.11 Å². The van der Waals surface area contributed by atoms with Gasteiger partial charge in [-0.05, 0) is 87.0 Å². The van der Waals surface area contributed by atoms with Gasteiger partial charge in [0, 0.05) is 67.5 Å². The van der Waals surface area contributed by atoms with E-state index in [0.717, 1.165) is 44.7 Å². The topological polar surface area (TPSA) is 55.9 Å². The standard InChI is InChI=1S/C55H53N4O.Pt/c1-53(2,3)37-28-35(27-36(29-37)45-30-34(25-26-56-45)41-19-15-22-47-50(41)43-17-11-13-21-46(43)58(47)10)42-20-16-23-48-51(42)57-52(44-18-12-14-24-49(44)60)59(48)40-32-38(54(4,5)6)31-39(33-40)55(7,8)9;/h11-26,28-33,60H,1-10H3;/q-1;. The monoisotopic (exact) mass is 980 g/mol. The van der Waals surface area contributed by atoms with Gasteiger partial charge in [-0.1, -0.05) is 140 Å². The van der Waals surface area contributed by atoms with Crippen LogP contribution in [0.15, 0.2) is 134 Å². The SMILES string of the molecule is Cn1c2ccccc2c2c(-c3ccnc(-c4[c-]c(-c5cccc6c5nc(-c5ccccc5O)n6-c5cc(C(C)(C)C)cc(C(C)(C)C)c5)cc(C(C)(C)C)c4)c3)cccc21.[Pt]. The summed E-state index contributed by atoms with van der Waals surface area (Å²) in [5, 5.41) is 13.8. The van der Waals surface area contributed by atoms with E-state index < -0.39 is 0 Å². The summed E-state index contributed by atoms with van der Waals surface area (Å²) < 4.78 is 4.51. The number of para-hydroxylation sites is 3. The zero-order valence-electron chi connectivity index (χ0n) is 36.8. The summed E-state index contributed by atoms with van der Waals surface area (Å²) in [4.78, 5) is 10.4. The molecule has 9 rings (SSSR count). The molecule has 0 radical (unpaired) electrons. The summed E-state index contributed by atoms with van der Waals surface area (Å²) in [6, 6.07) is 48.7. The van der Waals surface area contributed by atoms with Crippen LogP contribution in [0.4, 0.5) is 0 Å². The van der Waals surface area contributed by atoms with Gasteiger partial charge in [0.25, 0.3) is 0 Å². The number of rotatable bonds is 5. The molecule has 1 N–H and O–H groups in total. The van der Waals surface area contributed by atoms with E-state index >= 15 is 0 Å². The summed E-state index contributed by atoms with van der Waals surface area (Å²) in [7, 11) is 2.14. The minimum Gasteiger partial charge on any atom is -0.507 e. The molecule has 0 spiro atoms. The van der Waals surface area contributed by atoms with Crippen LogP contribution in [0.5, 0.6) is 5.75 Å². The third kappa shape index (κ3) is 7.52. The summed E-state index contributed by atoms with van der Waals surface area (Å²) in [5.74, 6) is 0.873. The average Bonchev–Trinajstić information content (AvgIpc) is 3.75. The fraction of sp³-hybridized carbons (Fsp3) is 0.236. The molecule has 0 unspecified atom stereocenters. The first kappa shape index (κ1) is 41.9. The molecule has 6 heteroatoms. The molecular formula is C55H53N4OPt-. The van der Waals surface area contributed by atoms with Crippen molar-refractivity contribution in [2.45, 2.75) is 78.6 Å². The first-order valence-corrected chi connectivity index (χ1v) is 20.9. The minimum absolute atomic E-state index is 0. The molecule has 0 aliphatic carbocycles. The Morgan fingerprint density at radius 1 is 0.557 bits per heavy atom. The Labute approximate surface area is 374 Å².